The molecule has 0 radical (unpaired) electrons. The van der Waals surface area contributed by atoms with Crippen molar-refractivity contribution in [3.63, 3.8) is 0 Å². The van der Waals surface area contributed by atoms with Gasteiger partial charge in [-0.1, -0.05) is 12.5 Å². The molecule has 2 N–H and O–H groups in total. The van der Waals surface area contributed by atoms with Crippen molar-refractivity contribution in [2.24, 2.45) is 0 Å². The highest BCUT2D eigenvalue weighted by molar-refractivity contribution is 5.44. The topological polar surface area (TPSA) is 35.5 Å². The second-order valence-corrected chi connectivity index (χ2v) is 5.94. The molecule has 1 atom stereocenters. The number of hydrogen-bond donors (Lipinski definition) is 2. The summed E-state index contributed by atoms with van der Waals surface area (Å²) >= 11 is 0. The zero-order valence-corrected chi connectivity index (χ0v) is 12.4. The van der Waals surface area contributed by atoms with Gasteiger partial charge in [0.05, 0.1) is 0 Å². The predicted molar refractivity (Wildman–Crippen MR) is 79.6 cm³/mol. The molecule has 0 bridgehead atoms. The van der Waals surface area contributed by atoms with Crippen molar-refractivity contribution in [2.45, 2.75) is 45.2 Å². The molecular weight excluding hydrogens is 236 g/mol. The third-order valence-corrected chi connectivity index (χ3v) is 4.04. The van der Waals surface area contributed by atoms with Gasteiger partial charge in [0.25, 0.3) is 0 Å². The maximum Gasteiger partial charge on any atom is 0.120 e. The predicted octanol–water partition coefficient (Wildman–Crippen LogP) is 2.45. The van der Waals surface area contributed by atoms with E-state index in [0.717, 1.165) is 25.1 Å². The molecule has 3 nitrogen and oxygen atoms in total. The second-order valence-electron chi connectivity index (χ2n) is 5.94. The minimum Gasteiger partial charge on any atom is -0.508 e. The molecule has 1 aliphatic rings. The summed E-state index contributed by atoms with van der Waals surface area (Å²) in [6.45, 7) is 4.08. The smallest absolute Gasteiger partial charge is 0.120 e. The van der Waals surface area contributed by atoms with Crippen LogP contribution < -0.4 is 5.32 Å². The molecule has 0 amide bonds. The summed E-state index contributed by atoms with van der Waals surface area (Å²) in [5, 5.41) is 13.6. The summed E-state index contributed by atoms with van der Waals surface area (Å²) in [6, 6.07) is 4.54. The van der Waals surface area contributed by atoms with Crippen LogP contribution in [0.25, 0.3) is 0 Å². The zero-order chi connectivity index (χ0) is 13.8. The Bertz CT molecular complexity index is 423. The number of nitrogens with one attached hydrogen (secondary N) is 1. The first kappa shape index (κ1) is 14.4. The van der Waals surface area contributed by atoms with E-state index in [2.05, 4.69) is 23.2 Å². The fraction of sp³-hybridized carbons (Fsp3) is 0.625. The summed E-state index contributed by atoms with van der Waals surface area (Å²) in [6.07, 6.45) is 4.98. The van der Waals surface area contributed by atoms with Gasteiger partial charge in [0.2, 0.25) is 0 Å². The average molecular weight is 262 g/mol. The molecular formula is C16H26N2O. The molecule has 1 aromatic carbocycles. The number of benzene rings is 1. The molecule has 0 spiro atoms. The van der Waals surface area contributed by atoms with Crippen molar-refractivity contribution < 1.29 is 5.11 Å². The van der Waals surface area contributed by atoms with E-state index in [1.165, 1.54) is 30.4 Å². The van der Waals surface area contributed by atoms with Crippen molar-refractivity contribution >= 4 is 0 Å². The lowest BCUT2D eigenvalue weighted by atomic mass is 9.92. The Balaban J connectivity index is 2.16. The van der Waals surface area contributed by atoms with Crippen LogP contribution in [0.5, 0.6) is 5.75 Å². The number of aromatic hydroxyl groups is 1. The number of rotatable bonds is 4. The fourth-order valence-corrected chi connectivity index (χ4v) is 2.89. The van der Waals surface area contributed by atoms with E-state index < -0.39 is 0 Å². The van der Waals surface area contributed by atoms with Crippen molar-refractivity contribution in [3.05, 3.63) is 28.8 Å². The van der Waals surface area contributed by atoms with Crippen LogP contribution in [-0.4, -0.2) is 36.7 Å². The first-order valence-corrected chi connectivity index (χ1v) is 7.26. The van der Waals surface area contributed by atoms with Crippen LogP contribution in [0.4, 0.5) is 0 Å². The SMILES string of the molecule is Cc1c(CC2CCCCN2)ccc(O)c1CN(C)C. The van der Waals surface area contributed by atoms with E-state index >= 15 is 0 Å². The lowest BCUT2D eigenvalue weighted by molar-refractivity contribution is 0.382. The normalized spacial score (nSPS) is 19.9. The number of hydrogen-bond acceptors (Lipinski definition) is 3. The maximum absolute atomic E-state index is 10.0. The van der Waals surface area contributed by atoms with Crippen molar-refractivity contribution in [1.82, 2.24) is 10.2 Å². The highest BCUT2D eigenvalue weighted by Crippen LogP contribution is 2.26. The molecule has 0 aliphatic carbocycles. The molecule has 1 heterocycles. The third-order valence-electron chi connectivity index (χ3n) is 4.04. The summed E-state index contributed by atoms with van der Waals surface area (Å²) in [5.74, 6) is 0.423. The van der Waals surface area contributed by atoms with Gasteiger partial charge in [-0.2, -0.15) is 0 Å². The third kappa shape index (κ3) is 3.71. The Morgan fingerprint density at radius 1 is 1.32 bits per heavy atom. The van der Waals surface area contributed by atoms with Gasteiger partial charge in [-0.15, -0.1) is 0 Å². The molecule has 0 saturated carbocycles. The van der Waals surface area contributed by atoms with Crippen molar-refractivity contribution in [1.29, 1.82) is 0 Å². The first-order chi connectivity index (χ1) is 9.08. The van der Waals surface area contributed by atoms with Crippen LogP contribution in [0.3, 0.4) is 0 Å². The molecule has 1 saturated heterocycles. The minimum absolute atomic E-state index is 0.423. The number of phenolic OH excluding ortho intramolecular Hbond substituents is 1. The Labute approximate surface area is 116 Å². The monoisotopic (exact) mass is 262 g/mol. The number of piperidine rings is 1. The molecule has 1 unspecified atom stereocenters. The number of phenols is 1. The standard InChI is InChI=1S/C16H26N2O/c1-12-13(10-14-6-4-5-9-17-14)7-8-16(19)15(12)11-18(2)3/h7-8,14,17,19H,4-6,9-11H2,1-3H3. The van der Waals surface area contributed by atoms with Crippen LogP contribution in [0, 0.1) is 6.92 Å². The molecule has 106 valence electrons. The van der Waals surface area contributed by atoms with Crippen molar-refractivity contribution in [2.75, 3.05) is 20.6 Å². The Morgan fingerprint density at radius 2 is 2.11 bits per heavy atom. The van der Waals surface area contributed by atoms with E-state index in [4.69, 9.17) is 0 Å². The van der Waals surface area contributed by atoms with E-state index in [0.29, 0.717) is 11.8 Å². The van der Waals surface area contributed by atoms with Crippen LogP contribution >= 0.6 is 0 Å². The highest BCUT2D eigenvalue weighted by atomic mass is 16.3. The summed E-state index contributed by atoms with van der Waals surface area (Å²) in [4.78, 5) is 2.10. The Hall–Kier alpha value is -1.06. The van der Waals surface area contributed by atoms with Crippen LogP contribution in [0.1, 0.15) is 36.0 Å². The molecule has 2 rings (SSSR count). The molecule has 1 aliphatic heterocycles. The largest absolute Gasteiger partial charge is 0.508 e. The van der Waals surface area contributed by atoms with Gasteiger partial charge < -0.3 is 15.3 Å². The van der Waals surface area contributed by atoms with Crippen molar-refractivity contribution in [3.8, 4) is 5.75 Å². The van der Waals surface area contributed by atoms with Crippen LogP contribution in [-0.2, 0) is 13.0 Å². The molecule has 19 heavy (non-hydrogen) atoms. The van der Waals surface area contributed by atoms with Gasteiger partial charge in [0.15, 0.2) is 0 Å². The minimum atomic E-state index is 0.423. The highest BCUT2D eigenvalue weighted by Gasteiger charge is 2.16. The lowest BCUT2D eigenvalue weighted by Gasteiger charge is -2.25. The van der Waals surface area contributed by atoms with E-state index in [1.54, 1.807) is 0 Å². The van der Waals surface area contributed by atoms with Gasteiger partial charge in [0.1, 0.15) is 5.75 Å². The number of nitrogens with zero attached hydrogens (tertiary/aromatic N) is 1. The second kappa shape index (κ2) is 6.40. The fourth-order valence-electron chi connectivity index (χ4n) is 2.89. The zero-order valence-electron chi connectivity index (χ0n) is 12.4. The van der Waals surface area contributed by atoms with Crippen LogP contribution in [0.2, 0.25) is 0 Å². The van der Waals surface area contributed by atoms with Gasteiger partial charge in [0, 0.05) is 18.2 Å². The Kier molecular flexibility index (Phi) is 4.83. The average Bonchev–Trinajstić information content (AvgIpc) is 2.39. The molecule has 1 aromatic rings. The van der Waals surface area contributed by atoms with E-state index in [-0.39, 0.29) is 0 Å². The summed E-state index contributed by atoms with van der Waals surface area (Å²) in [7, 11) is 4.07. The van der Waals surface area contributed by atoms with Gasteiger partial charge in [-0.05, 0) is 64.0 Å². The lowest BCUT2D eigenvalue weighted by Crippen LogP contribution is -2.35. The maximum atomic E-state index is 10.0. The summed E-state index contributed by atoms with van der Waals surface area (Å²) in [5.41, 5.74) is 3.69. The van der Waals surface area contributed by atoms with Gasteiger partial charge in [-0.3, -0.25) is 0 Å². The first-order valence-electron chi connectivity index (χ1n) is 7.26. The quantitative estimate of drug-likeness (QED) is 0.875. The molecule has 3 heteroatoms. The van der Waals surface area contributed by atoms with E-state index in [1.807, 2.05) is 20.2 Å². The Morgan fingerprint density at radius 3 is 2.74 bits per heavy atom. The summed E-state index contributed by atoms with van der Waals surface area (Å²) < 4.78 is 0. The molecule has 0 aromatic heterocycles. The molecule has 1 fully saturated rings. The van der Waals surface area contributed by atoms with E-state index in [9.17, 15) is 5.11 Å². The van der Waals surface area contributed by atoms with Crippen LogP contribution in [0.15, 0.2) is 12.1 Å². The van der Waals surface area contributed by atoms with Gasteiger partial charge in [-0.25, -0.2) is 0 Å². The van der Waals surface area contributed by atoms with Gasteiger partial charge >= 0.3 is 0 Å².